The summed E-state index contributed by atoms with van der Waals surface area (Å²) in [7, 11) is -1.66. The molecule has 60 valence electrons. The molecule has 0 unspecified atom stereocenters. The van der Waals surface area contributed by atoms with Gasteiger partial charge in [-0.05, 0) is 6.42 Å². The molecular formula is C4H10N2O2S2. The van der Waals surface area contributed by atoms with Crippen LogP contribution in [0.15, 0.2) is 0 Å². The summed E-state index contributed by atoms with van der Waals surface area (Å²) in [5, 5.41) is 0. The van der Waals surface area contributed by atoms with E-state index in [1.54, 1.807) is 7.05 Å². The van der Waals surface area contributed by atoms with Crippen LogP contribution in [0.2, 0.25) is 0 Å². The van der Waals surface area contributed by atoms with Crippen molar-refractivity contribution in [3.63, 3.8) is 0 Å². The van der Waals surface area contributed by atoms with Gasteiger partial charge in [-0.2, -0.15) is 12.7 Å². The molecule has 0 spiro atoms. The van der Waals surface area contributed by atoms with Crippen LogP contribution in [0.4, 0.5) is 0 Å². The van der Waals surface area contributed by atoms with Gasteiger partial charge in [0.1, 0.15) is 0 Å². The number of nitrogens with zero attached hydrogens (tertiary/aromatic N) is 2. The molecule has 0 saturated carbocycles. The third-order valence-corrected chi connectivity index (χ3v) is 3.99. The van der Waals surface area contributed by atoms with Gasteiger partial charge in [-0.15, -0.1) is 3.71 Å². The van der Waals surface area contributed by atoms with Crippen LogP contribution in [-0.2, 0) is 10.2 Å². The molecular weight excluding hydrogens is 172 g/mol. The summed E-state index contributed by atoms with van der Waals surface area (Å²) >= 11 is 3.80. The maximum Gasteiger partial charge on any atom is 0.290 e. The van der Waals surface area contributed by atoms with Crippen molar-refractivity contribution in [2.75, 3.05) is 20.1 Å². The minimum Gasteiger partial charge on any atom is -0.194 e. The standard InChI is InChI=1S/C4H10N2O2S2/c1-5-3-2-4-6(9)10(5,7)8/h9H,2-4H2,1H3. The molecule has 1 aliphatic heterocycles. The van der Waals surface area contributed by atoms with Gasteiger partial charge in [-0.25, -0.2) is 0 Å². The van der Waals surface area contributed by atoms with Crippen LogP contribution in [0.25, 0.3) is 0 Å². The molecule has 0 bridgehead atoms. The first-order valence-corrected chi connectivity index (χ1v) is 4.78. The molecule has 1 aliphatic rings. The van der Waals surface area contributed by atoms with Crippen LogP contribution in [-0.4, -0.2) is 36.6 Å². The first kappa shape index (κ1) is 8.32. The molecule has 4 nitrogen and oxygen atoms in total. The molecule has 1 rings (SSSR count). The third-order valence-electron chi connectivity index (χ3n) is 1.48. The summed E-state index contributed by atoms with van der Waals surface area (Å²) in [6, 6.07) is 0. The fourth-order valence-electron chi connectivity index (χ4n) is 0.820. The first-order valence-electron chi connectivity index (χ1n) is 2.98. The first-order chi connectivity index (χ1) is 4.55. The minimum atomic E-state index is -3.21. The monoisotopic (exact) mass is 182 g/mol. The second kappa shape index (κ2) is 2.69. The van der Waals surface area contributed by atoms with Crippen LogP contribution < -0.4 is 0 Å². The van der Waals surface area contributed by atoms with Gasteiger partial charge in [0.15, 0.2) is 0 Å². The fourth-order valence-corrected chi connectivity index (χ4v) is 2.38. The minimum absolute atomic E-state index is 0.510. The summed E-state index contributed by atoms with van der Waals surface area (Å²) in [5.41, 5.74) is 0. The molecule has 1 saturated heterocycles. The number of thiol groups is 1. The normalized spacial score (nSPS) is 28.6. The van der Waals surface area contributed by atoms with Crippen molar-refractivity contribution in [1.82, 2.24) is 8.02 Å². The molecule has 10 heavy (non-hydrogen) atoms. The van der Waals surface area contributed by atoms with Gasteiger partial charge in [0.05, 0.1) is 0 Å². The van der Waals surface area contributed by atoms with Gasteiger partial charge in [0.2, 0.25) is 0 Å². The predicted octanol–water partition coefficient (Wildman–Crippen LogP) is -0.286. The highest BCUT2D eigenvalue weighted by Crippen LogP contribution is 2.14. The summed E-state index contributed by atoms with van der Waals surface area (Å²) in [5.74, 6) is 0. The van der Waals surface area contributed by atoms with Crippen LogP contribution >= 0.6 is 12.8 Å². The molecule has 0 amide bonds. The molecule has 1 fully saturated rings. The van der Waals surface area contributed by atoms with Crippen molar-refractivity contribution >= 4 is 23.0 Å². The van der Waals surface area contributed by atoms with E-state index in [1.165, 1.54) is 4.31 Å². The Morgan fingerprint density at radius 3 is 2.40 bits per heavy atom. The topological polar surface area (TPSA) is 40.6 Å². The smallest absolute Gasteiger partial charge is 0.194 e. The van der Waals surface area contributed by atoms with Crippen LogP contribution in [0.3, 0.4) is 0 Å². The molecule has 0 aromatic carbocycles. The molecule has 0 aromatic heterocycles. The fraction of sp³-hybridized carbons (Fsp3) is 1.00. The van der Waals surface area contributed by atoms with Crippen molar-refractivity contribution in [3.05, 3.63) is 0 Å². The van der Waals surface area contributed by atoms with E-state index in [2.05, 4.69) is 12.8 Å². The molecule has 0 N–H and O–H groups in total. The van der Waals surface area contributed by atoms with Gasteiger partial charge in [-0.3, -0.25) is 0 Å². The number of rotatable bonds is 0. The molecule has 0 atom stereocenters. The van der Waals surface area contributed by atoms with Gasteiger partial charge in [-0.1, -0.05) is 12.8 Å². The Morgan fingerprint density at radius 2 is 2.00 bits per heavy atom. The summed E-state index contributed by atoms with van der Waals surface area (Å²) in [4.78, 5) is 0. The Kier molecular flexibility index (Phi) is 2.24. The Labute approximate surface area is 66.5 Å². The van der Waals surface area contributed by atoms with Gasteiger partial charge >= 0.3 is 0 Å². The van der Waals surface area contributed by atoms with Crippen LogP contribution in [0.1, 0.15) is 6.42 Å². The van der Waals surface area contributed by atoms with Crippen molar-refractivity contribution in [1.29, 1.82) is 0 Å². The zero-order chi connectivity index (χ0) is 7.78. The number of hydrogen-bond donors (Lipinski definition) is 1. The van der Waals surface area contributed by atoms with E-state index in [9.17, 15) is 8.42 Å². The van der Waals surface area contributed by atoms with E-state index in [0.29, 0.717) is 13.1 Å². The average molecular weight is 182 g/mol. The van der Waals surface area contributed by atoms with E-state index < -0.39 is 10.2 Å². The highest BCUT2D eigenvalue weighted by molar-refractivity contribution is 7.98. The predicted molar refractivity (Wildman–Crippen MR) is 41.9 cm³/mol. The second-order valence-electron chi connectivity index (χ2n) is 2.23. The Morgan fingerprint density at radius 1 is 1.40 bits per heavy atom. The molecule has 1 heterocycles. The van der Waals surface area contributed by atoms with Crippen molar-refractivity contribution in [2.45, 2.75) is 6.42 Å². The van der Waals surface area contributed by atoms with E-state index >= 15 is 0 Å². The lowest BCUT2D eigenvalue weighted by atomic mass is 10.4. The second-order valence-corrected chi connectivity index (χ2v) is 4.94. The summed E-state index contributed by atoms with van der Waals surface area (Å²) < 4.78 is 24.5. The summed E-state index contributed by atoms with van der Waals surface area (Å²) in [6.45, 7) is 1.11. The van der Waals surface area contributed by atoms with E-state index in [0.717, 1.165) is 10.1 Å². The molecule has 0 aromatic rings. The average Bonchev–Trinajstić information content (AvgIpc) is 1.84. The Balaban J connectivity index is 2.84. The van der Waals surface area contributed by atoms with E-state index in [1.807, 2.05) is 0 Å². The lowest BCUT2D eigenvalue weighted by Crippen LogP contribution is -2.43. The number of hydrogen-bond acceptors (Lipinski definition) is 3. The zero-order valence-corrected chi connectivity index (χ0v) is 7.40. The summed E-state index contributed by atoms with van der Waals surface area (Å²) in [6.07, 6.45) is 0.846. The van der Waals surface area contributed by atoms with Crippen molar-refractivity contribution < 1.29 is 8.42 Å². The highest BCUT2D eigenvalue weighted by Gasteiger charge is 2.27. The quantitative estimate of drug-likeness (QED) is 0.523. The van der Waals surface area contributed by atoms with Crippen LogP contribution in [0, 0.1) is 0 Å². The lowest BCUT2D eigenvalue weighted by molar-refractivity contribution is 0.384. The van der Waals surface area contributed by atoms with E-state index in [-0.39, 0.29) is 0 Å². The molecule has 6 heteroatoms. The highest BCUT2D eigenvalue weighted by atomic mass is 32.3. The zero-order valence-electron chi connectivity index (χ0n) is 5.69. The van der Waals surface area contributed by atoms with Gasteiger partial charge < -0.3 is 0 Å². The maximum absolute atomic E-state index is 11.1. The SMILES string of the molecule is CN1CCCN(S)S1(=O)=O. The lowest BCUT2D eigenvalue weighted by Gasteiger charge is -2.28. The van der Waals surface area contributed by atoms with Gasteiger partial charge in [0.25, 0.3) is 10.2 Å². The van der Waals surface area contributed by atoms with Crippen LogP contribution in [0.5, 0.6) is 0 Å². The van der Waals surface area contributed by atoms with E-state index in [4.69, 9.17) is 0 Å². The largest absolute Gasteiger partial charge is 0.290 e. The van der Waals surface area contributed by atoms with Gasteiger partial charge in [0, 0.05) is 20.1 Å². The van der Waals surface area contributed by atoms with Crippen molar-refractivity contribution in [3.8, 4) is 0 Å². The molecule has 0 aliphatic carbocycles. The Hall–Kier alpha value is 0.220. The van der Waals surface area contributed by atoms with Crippen molar-refractivity contribution in [2.24, 2.45) is 0 Å². The molecule has 0 radical (unpaired) electrons. The Bertz CT molecular complexity index is 197. The maximum atomic E-state index is 11.1. The third kappa shape index (κ3) is 1.29.